The summed E-state index contributed by atoms with van der Waals surface area (Å²) in [5.41, 5.74) is 2.59. The van der Waals surface area contributed by atoms with Crippen LogP contribution in [-0.2, 0) is 6.42 Å². The zero-order chi connectivity index (χ0) is 9.97. The summed E-state index contributed by atoms with van der Waals surface area (Å²) in [6.07, 6.45) is 1.10. The van der Waals surface area contributed by atoms with Crippen molar-refractivity contribution >= 4 is 16.5 Å². The molecule has 0 bridgehead atoms. The number of aryl methyl sites for hydroxylation is 1. The van der Waals surface area contributed by atoms with E-state index < -0.39 is 0 Å². The Morgan fingerprint density at radius 3 is 2.71 bits per heavy atom. The summed E-state index contributed by atoms with van der Waals surface area (Å²) >= 11 is 0. The quantitative estimate of drug-likeness (QED) is 0.755. The largest absolute Gasteiger partial charge is 0.388 e. The van der Waals surface area contributed by atoms with E-state index in [1.807, 2.05) is 7.05 Å². The van der Waals surface area contributed by atoms with Crippen molar-refractivity contribution in [3.05, 3.63) is 42.0 Å². The van der Waals surface area contributed by atoms with Crippen molar-refractivity contribution in [1.29, 1.82) is 0 Å². The zero-order valence-electron chi connectivity index (χ0n) is 8.67. The van der Waals surface area contributed by atoms with Gasteiger partial charge in [0.25, 0.3) is 0 Å². The number of anilines is 1. The number of hydrogen-bond donors (Lipinski definition) is 1. The molecule has 72 valence electrons. The first kappa shape index (κ1) is 9.07. The van der Waals surface area contributed by atoms with Gasteiger partial charge in [-0.15, -0.1) is 0 Å². The summed E-state index contributed by atoms with van der Waals surface area (Å²) in [5.74, 6) is 0. The van der Waals surface area contributed by atoms with Gasteiger partial charge >= 0.3 is 0 Å². The zero-order valence-corrected chi connectivity index (χ0v) is 8.67. The highest BCUT2D eigenvalue weighted by Crippen LogP contribution is 2.23. The maximum absolute atomic E-state index is 3.21. The third-order valence-electron chi connectivity index (χ3n) is 2.62. The Kier molecular flexibility index (Phi) is 2.40. The van der Waals surface area contributed by atoms with Crippen molar-refractivity contribution in [1.82, 2.24) is 0 Å². The standard InChI is InChI=1S/C13H15N/c1-3-10-7-8-12-11(9-10)5-4-6-13(12)14-2/h4-9,14H,3H2,1-2H3. The van der Waals surface area contributed by atoms with E-state index in [0.29, 0.717) is 0 Å². The molecule has 1 nitrogen and oxygen atoms in total. The second-order valence-corrected chi connectivity index (χ2v) is 3.46. The highest BCUT2D eigenvalue weighted by Gasteiger charge is 1.98. The molecule has 1 heteroatoms. The molecule has 0 fully saturated rings. The first-order valence-corrected chi connectivity index (χ1v) is 5.04. The van der Waals surface area contributed by atoms with Crippen LogP contribution in [0.2, 0.25) is 0 Å². The summed E-state index contributed by atoms with van der Waals surface area (Å²) in [6, 6.07) is 13.0. The molecule has 0 aliphatic heterocycles. The second-order valence-electron chi connectivity index (χ2n) is 3.46. The Morgan fingerprint density at radius 1 is 1.14 bits per heavy atom. The van der Waals surface area contributed by atoms with E-state index >= 15 is 0 Å². The summed E-state index contributed by atoms with van der Waals surface area (Å²) in [4.78, 5) is 0. The molecule has 0 aromatic heterocycles. The topological polar surface area (TPSA) is 12.0 Å². The first-order chi connectivity index (χ1) is 6.85. The first-order valence-electron chi connectivity index (χ1n) is 5.04. The molecule has 2 rings (SSSR count). The highest BCUT2D eigenvalue weighted by molar-refractivity contribution is 5.94. The van der Waals surface area contributed by atoms with Crippen LogP contribution in [0.1, 0.15) is 12.5 Å². The van der Waals surface area contributed by atoms with Gasteiger partial charge in [-0.25, -0.2) is 0 Å². The summed E-state index contributed by atoms with van der Waals surface area (Å²) in [6.45, 7) is 2.18. The van der Waals surface area contributed by atoms with E-state index in [-0.39, 0.29) is 0 Å². The van der Waals surface area contributed by atoms with Crippen LogP contribution >= 0.6 is 0 Å². The normalized spacial score (nSPS) is 10.4. The smallest absolute Gasteiger partial charge is 0.0417 e. The fourth-order valence-corrected chi connectivity index (χ4v) is 1.77. The number of rotatable bonds is 2. The number of nitrogens with one attached hydrogen (secondary N) is 1. The van der Waals surface area contributed by atoms with Gasteiger partial charge in [0.1, 0.15) is 0 Å². The molecule has 0 saturated carbocycles. The molecule has 0 unspecified atom stereocenters. The van der Waals surface area contributed by atoms with Crippen LogP contribution in [0.5, 0.6) is 0 Å². The molecular weight excluding hydrogens is 170 g/mol. The maximum Gasteiger partial charge on any atom is 0.0417 e. The number of benzene rings is 2. The number of fused-ring (bicyclic) bond motifs is 1. The molecule has 0 radical (unpaired) electrons. The van der Waals surface area contributed by atoms with Gasteiger partial charge in [0.15, 0.2) is 0 Å². The lowest BCUT2D eigenvalue weighted by atomic mass is 10.0. The molecule has 0 heterocycles. The van der Waals surface area contributed by atoms with Crippen molar-refractivity contribution in [3.8, 4) is 0 Å². The van der Waals surface area contributed by atoms with Gasteiger partial charge in [-0.3, -0.25) is 0 Å². The van der Waals surface area contributed by atoms with E-state index in [9.17, 15) is 0 Å². The van der Waals surface area contributed by atoms with Crippen molar-refractivity contribution in [2.45, 2.75) is 13.3 Å². The molecule has 0 spiro atoms. The molecular formula is C13H15N. The Balaban J connectivity index is 2.67. The lowest BCUT2D eigenvalue weighted by molar-refractivity contribution is 1.15. The fraction of sp³-hybridized carbons (Fsp3) is 0.231. The minimum atomic E-state index is 1.10. The summed E-state index contributed by atoms with van der Waals surface area (Å²) in [7, 11) is 1.96. The van der Waals surface area contributed by atoms with Gasteiger partial charge in [0.2, 0.25) is 0 Å². The molecule has 2 aromatic rings. The third-order valence-corrected chi connectivity index (χ3v) is 2.62. The van der Waals surface area contributed by atoms with E-state index in [4.69, 9.17) is 0 Å². The Labute approximate surface area is 84.8 Å². The molecule has 0 aliphatic carbocycles. The Hall–Kier alpha value is -1.50. The van der Waals surface area contributed by atoms with Crippen molar-refractivity contribution in [2.24, 2.45) is 0 Å². The summed E-state index contributed by atoms with van der Waals surface area (Å²) in [5, 5.41) is 5.82. The maximum atomic E-state index is 3.21. The van der Waals surface area contributed by atoms with Crippen molar-refractivity contribution in [2.75, 3.05) is 12.4 Å². The van der Waals surface area contributed by atoms with E-state index in [0.717, 1.165) is 6.42 Å². The molecule has 1 N–H and O–H groups in total. The predicted molar refractivity (Wildman–Crippen MR) is 62.9 cm³/mol. The minimum absolute atomic E-state index is 1.10. The fourth-order valence-electron chi connectivity index (χ4n) is 1.77. The number of hydrogen-bond acceptors (Lipinski definition) is 1. The van der Waals surface area contributed by atoms with E-state index in [1.54, 1.807) is 0 Å². The SMILES string of the molecule is CCc1ccc2c(NC)cccc2c1. The predicted octanol–water partition coefficient (Wildman–Crippen LogP) is 3.44. The molecule has 0 atom stereocenters. The van der Waals surface area contributed by atoms with Crippen LogP contribution in [0.15, 0.2) is 36.4 Å². The molecule has 0 saturated heterocycles. The van der Waals surface area contributed by atoms with Crippen molar-refractivity contribution < 1.29 is 0 Å². The third kappa shape index (κ3) is 1.46. The van der Waals surface area contributed by atoms with Crippen LogP contribution in [0.3, 0.4) is 0 Å². The molecule has 0 aliphatic rings. The van der Waals surface area contributed by atoms with Crippen LogP contribution in [0, 0.1) is 0 Å². The summed E-state index contributed by atoms with van der Waals surface area (Å²) < 4.78 is 0. The Morgan fingerprint density at radius 2 is 2.00 bits per heavy atom. The minimum Gasteiger partial charge on any atom is -0.388 e. The highest BCUT2D eigenvalue weighted by atomic mass is 14.8. The Bertz CT molecular complexity index is 446. The second kappa shape index (κ2) is 3.70. The van der Waals surface area contributed by atoms with Gasteiger partial charge in [0, 0.05) is 18.1 Å². The monoisotopic (exact) mass is 185 g/mol. The van der Waals surface area contributed by atoms with Gasteiger partial charge in [0.05, 0.1) is 0 Å². The van der Waals surface area contributed by atoms with E-state index in [2.05, 4.69) is 48.6 Å². The van der Waals surface area contributed by atoms with Gasteiger partial charge in [-0.1, -0.05) is 37.3 Å². The lowest BCUT2D eigenvalue weighted by Gasteiger charge is -2.06. The van der Waals surface area contributed by atoms with Gasteiger partial charge < -0.3 is 5.32 Å². The van der Waals surface area contributed by atoms with Crippen molar-refractivity contribution in [3.63, 3.8) is 0 Å². The van der Waals surface area contributed by atoms with Crippen LogP contribution in [-0.4, -0.2) is 7.05 Å². The van der Waals surface area contributed by atoms with Crippen LogP contribution in [0.25, 0.3) is 10.8 Å². The average molecular weight is 185 g/mol. The molecule has 2 aromatic carbocycles. The van der Waals surface area contributed by atoms with Gasteiger partial charge in [-0.05, 0) is 23.4 Å². The van der Waals surface area contributed by atoms with E-state index in [1.165, 1.54) is 22.0 Å². The molecule has 0 amide bonds. The lowest BCUT2D eigenvalue weighted by Crippen LogP contribution is -1.89. The molecule has 14 heavy (non-hydrogen) atoms. The van der Waals surface area contributed by atoms with Crippen LogP contribution in [0.4, 0.5) is 5.69 Å². The van der Waals surface area contributed by atoms with Crippen LogP contribution < -0.4 is 5.32 Å². The van der Waals surface area contributed by atoms with Gasteiger partial charge in [-0.2, -0.15) is 0 Å². The average Bonchev–Trinajstić information content (AvgIpc) is 2.27.